The van der Waals surface area contributed by atoms with Crippen LogP contribution in [0.25, 0.3) is 0 Å². The Morgan fingerprint density at radius 2 is 2.00 bits per heavy atom. The zero-order valence-corrected chi connectivity index (χ0v) is 12.2. The summed E-state index contributed by atoms with van der Waals surface area (Å²) in [5, 5.41) is 30.6. The van der Waals surface area contributed by atoms with Crippen LogP contribution in [0.2, 0.25) is 0 Å². The van der Waals surface area contributed by atoms with Crippen LogP contribution in [0.3, 0.4) is 0 Å². The summed E-state index contributed by atoms with van der Waals surface area (Å²) in [6.07, 6.45) is 1.54. The van der Waals surface area contributed by atoms with E-state index in [1.54, 1.807) is 0 Å². The lowest BCUT2D eigenvalue weighted by Crippen LogP contribution is -2.71. The number of aliphatic hydroxyl groups excluding tert-OH is 1. The molecule has 1 saturated carbocycles. The number of ether oxygens (including phenoxy) is 2. The Labute approximate surface area is 118 Å². The van der Waals surface area contributed by atoms with Gasteiger partial charge in [0.25, 0.3) is 0 Å². The second-order valence-corrected chi connectivity index (χ2v) is 6.55. The molecule has 0 aromatic heterocycles. The Morgan fingerprint density at radius 3 is 2.45 bits per heavy atom. The standard InChI is InChI=1S/C14H24O6/c1-8(2)10-5-4-9(3)6-11(10)13(17,7-15)14(18)19-12(16)20-14/h8-11,15,17-18H,4-7H2,1-3H3/t9-,10+,11-,13?/m0/s1. The molecule has 116 valence electrons. The maximum absolute atomic E-state index is 10.8. The molecule has 2 fully saturated rings. The van der Waals surface area contributed by atoms with Crippen molar-refractivity contribution in [3.8, 4) is 0 Å². The van der Waals surface area contributed by atoms with Crippen LogP contribution >= 0.6 is 0 Å². The molecule has 0 amide bonds. The smallest absolute Gasteiger partial charge is 0.393 e. The van der Waals surface area contributed by atoms with Gasteiger partial charge in [-0.3, -0.25) is 0 Å². The number of hydrogen-bond acceptors (Lipinski definition) is 6. The van der Waals surface area contributed by atoms with Crippen LogP contribution in [0, 0.1) is 23.7 Å². The van der Waals surface area contributed by atoms with Gasteiger partial charge in [0.1, 0.15) is 0 Å². The number of rotatable bonds is 4. The molecule has 1 aliphatic carbocycles. The van der Waals surface area contributed by atoms with Crippen LogP contribution in [0.15, 0.2) is 0 Å². The molecule has 20 heavy (non-hydrogen) atoms. The molecule has 6 nitrogen and oxygen atoms in total. The maximum Gasteiger partial charge on any atom is 0.518 e. The number of carbonyl (C=O) groups excluding carboxylic acids is 1. The molecule has 1 aliphatic heterocycles. The first kappa shape index (κ1) is 15.5. The Morgan fingerprint density at radius 1 is 1.40 bits per heavy atom. The summed E-state index contributed by atoms with van der Waals surface area (Å²) >= 11 is 0. The van der Waals surface area contributed by atoms with Crippen molar-refractivity contribution in [1.82, 2.24) is 0 Å². The second kappa shape index (κ2) is 5.16. The van der Waals surface area contributed by atoms with Gasteiger partial charge in [-0.1, -0.05) is 27.2 Å². The van der Waals surface area contributed by atoms with Crippen LogP contribution in [-0.4, -0.2) is 39.7 Å². The third-order valence-electron chi connectivity index (χ3n) is 4.87. The van der Waals surface area contributed by atoms with E-state index < -0.39 is 30.3 Å². The number of carbonyl (C=O) groups is 1. The van der Waals surface area contributed by atoms with Gasteiger partial charge in [0.05, 0.1) is 6.61 Å². The van der Waals surface area contributed by atoms with Crippen molar-refractivity contribution < 1.29 is 29.6 Å². The van der Waals surface area contributed by atoms with Crippen LogP contribution in [-0.2, 0) is 9.47 Å². The predicted molar refractivity (Wildman–Crippen MR) is 69.4 cm³/mol. The third kappa shape index (κ3) is 2.29. The van der Waals surface area contributed by atoms with Gasteiger partial charge < -0.3 is 24.8 Å². The van der Waals surface area contributed by atoms with Gasteiger partial charge in [-0.25, -0.2) is 4.79 Å². The molecule has 1 heterocycles. The molecule has 0 spiro atoms. The lowest BCUT2D eigenvalue weighted by molar-refractivity contribution is -0.462. The first-order valence-electron chi connectivity index (χ1n) is 7.21. The quantitative estimate of drug-likeness (QED) is 0.673. The fraction of sp³-hybridized carbons (Fsp3) is 0.929. The van der Waals surface area contributed by atoms with E-state index >= 15 is 0 Å². The van der Waals surface area contributed by atoms with Crippen molar-refractivity contribution >= 4 is 6.16 Å². The molecule has 0 radical (unpaired) electrons. The fourth-order valence-electron chi connectivity index (χ4n) is 3.61. The molecule has 0 aromatic rings. The van der Waals surface area contributed by atoms with E-state index in [4.69, 9.17) is 0 Å². The summed E-state index contributed by atoms with van der Waals surface area (Å²) in [4.78, 5) is 10.8. The SMILES string of the molecule is CC(C)[C@H]1CC[C@H](C)C[C@@H]1C(O)(CO)C1(O)OC(=O)O1. The molecule has 2 aliphatic rings. The molecule has 1 unspecified atom stereocenters. The summed E-state index contributed by atoms with van der Waals surface area (Å²) in [5.41, 5.74) is -2.00. The largest absolute Gasteiger partial charge is 0.518 e. The summed E-state index contributed by atoms with van der Waals surface area (Å²) in [6.45, 7) is 5.43. The van der Waals surface area contributed by atoms with Gasteiger partial charge >= 0.3 is 12.1 Å². The maximum atomic E-state index is 10.8. The zero-order valence-electron chi connectivity index (χ0n) is 12.2. The van der Waals surface area contributed by atoms with Crippen molar-refractivity contribution in [3.63, 3.8) is 0 Å². The van der Waals surface area contributed by atoms with Crippen molar-refractivity contribution in [1.29, 1.82) is 0 Å². The van der Waals surface area contributed by atoms with E-state index in [1.165, 1.54) is 0 Å². The Kier molecular flexibility index (Phi) is 4.01. The monoisotopic (exact) mass is 288 g/mol. The number of cyclic esters (lactones) is 2. The van der Waals surface area contributed by atoms with Crippen molar-refractivity contribution in [3.05, 3.63) is 0 Å². The molecule has 0 aromatic carbocycles. The minimum Gasteiger partial charge on any atom is -0.393 e. The molecule has 6 heteroatoms. The third-order valence-corrected chi connectivity index (χ3v) is 4.87. The second-order valence-electron chi connectivity index (χ2n) is 6.55. The first-order chi connectivity index (χ1) is 9.23. The molecule has 1 saturated heterocycles. The highest BCUT2D eigenvalue weighted by molar-refractivity contribution is 5.65. The average molecular weight is 288 g/mol. The first-order valence-corrected chi connectivity index (χ1v) is 7.21. The molecular weight excluding hydrogens is 264 g/mol. The van der Waals surface area contributed by atoms with E-state index in [1.807, 2.05) is 13.8 Å². The lowest BCUT2D eigenvalue weighted by Gasteiger charge is -2.52. The number of hydrogen-bond donors (Lipinski definition) is 3. The molecule has 2 rings (SSSR count). The molecule has 0 bridgehead atoms. The average Bonchev–Trinajstić information content (AvgIpc) is 2.35. The highest BCUT2D eigenvalue weighted by atomic mass is 17.0. The van der Waals surface area contributed by atoms with Crippen LogP contribution in [0.1, 0.15) is 40.0 Å². The van der Waals surface area contributed by atoms with E-state index in [0.29, 0.717) is 12.3 Å². The van der Waals surface area contributed by atoms with Crippen LogP contribution < -0.4 is 0 Å². The van der Waals surface area contributed by atoms with E-state index in [9.17, 15) is 20.1 Å². The van der Waals surface area contributed by atoms with Crippen LogP contribution in [0.4, 0.5) is 4.79 Å². The van der Waals surface area contributed by atoms with Crippen LogP contribution in [0.5, 0.6) is 0 Å². The Hall–Kier alpha value is -0.850. The zero-order chi connectivity index (χ0) is 15.1. The highest BCUT2D eigenvalue weighted by Gasteiger charge is 2.68. The van der Waals surface area contributed by atoms with Gasteiger partial charge in [-0.2, -0.15) is 0 Å². The Bertz CT molecular complexity index is 374. The molecular formula is C14H24O6. The van der Waals surface area contributed by atoms with Gasteiger partial charge in [-0.15, -0.1) is 0 Å². The van der Waals surface area contributed by atoms with E-state index in [2.05, 4.69) is 16.4 Å². The van der Waals surface area contributed by atoms with Crippen molar-refractivity contribution in [2.24, 2.45) is 23.7 Å². The normalized spacial score (nSPS) is 35.8. The molecule has 3 N–H and O–H groups in total. The predicted octanol–water partition coefficient (Wildman–Crippen LogP) is 1.23. The minimum atomic E-state index is -2.44. The number of aliphatic hydroxyl groups is 3. The topological polar surface area (TPSA) is 96.2 Å². The van der Waals surface area contributed by atoms with Crippen molar-refractivity contribution in [2.75, 3.05) is 6.61 Å². The summed E-state index contributed by atoms with van der Waals surface area (Å²) in [7, 11) is 0. The fourth-order valence-corrected chi connectivity index (χ4v) is 3.61. The summed E-state index contributed by atoms with van der Waals surface area (Å²) < 4.78 is 9.17. The minimum absolute atomic E-state index is 0.121. The molecule has 4 atom stereocenters. The van der Waals surface area contributed by atoms with Gasteiger partial charge in [0.2, 0.25) is 0 Å². The van der Waals surface area contributed by atoms with Gasteiger partial charge in [-0.05, 0) is 30.6 Å². The summed E-state index contributed by atoms with van der Waals surface area (Å²) in [6, 6.07) is 0. The van der Waals surface area contributed by atoms with Crippen molar-refractivity contribution in [2.45, 2.75) is 51.6 Å². The lowest BCUT2D eigenvalue weighted by atomic mass is 9.63. The van der Waals surface area contributed by atoms with Gasteiger partial charge in [0, 0.05) is 5.92 Å². The van der Waals surface area contributed by atoms with Gasteiger partial charge in [0.15, 0.2) is 5.60 Å². The Balaban J connectivity index is 2.29. The van der Waals surface area contributed by atoms with E-state index in [0.717, 1.165) is 12.8 Å². The highest BCUT2D eigenvalue weighted by Crippen LogP contribution is 2.49. The van der Waals surface area contributed by atoms with E-state index in [-0.39, 0.29) is 11.8 Å². The summed E-state index contributed by atoms with van der Waals surface area (Å²) in [5.74, 6) is -2.06.